The Morgan fingerprint density at radius 1 is 1.47 bits per heavy atom. The molecule has 0 spiro atoms. The molecule has 0 aliphatic heterocycles. The smallest absolute Gasteiger partial charge is 0.240 e. The summed E-state index contributed by atoms with van der Waals surface area (Å²) in [6.07, 6.45) is -4.63. The van der Waals surface area contributed by atoms with Gasteiger partial charge in [-0.25, -0.2) is 4.98 Å². The number of hydrogen-bond donors (Lipinski definition) is 0. The minimum atomic E-state index is -4.63. The largest absolute Gasteiger partial charge is 0.433 e. The van der Waals surface area contributed by atoms with Crippen LogP contribution in [0.1, 0.15) is 11.3 Å². The Labute approximate surface area is 81.4 Å². The second kappa shape index (κ2) is 3.86. The van der Waals surface area contributed by atoms with Crippen molar-refractivity contribution in [3.05, 3.63) is 33.8 Å². The highest BCUT2D eigenvalue weighted by molar-refractivity contribution is 5.48. The third-order valence-electron chi connectivity index (χ3n) is 1.43. The number of nitriles is 1. The SMILES string of the molecule is N#Cc1ccc(C(F)(F)F)nc1N=[N+]=[N-]. The molecule has 0 amide bonds. The van der Waals surface area contributed by atoms with Gasteiger partial charge in [0.25, 0.3) is 0 Å². The lowest BCUT2D eigenvalue weighted by molar-refractivity contribution is -0.141. The molecule has 1 aromatic heterocycles. The van der Waals surface area contributed by atoms with Crippen molar-refractivity contribution in [2.45, 2.75) is 6.18 Å². The Kier molecular flexibility index (Phi) is 2.78. The summed E-state index contributed by atoms with van der Waals surface area (Å²) in [7, 11) is 0. The summed E-state index contributed by atoms with van der Waals surface area (Å²) >= 11 is 0. The van der Waals surface area contributed by atoms with Gasteiger partial charge in [-0.1, -0.05) is 0 Å². The molecule has 1 aromatic rings. The highest BCUT2D eigenvalue weighted by Crippen LogP contribution is 2.30. The van der Waals surface area contributed by atoms with Crippen molar-refractivity contribution < 1.29 is 13.2 Å². The predicted molar refractivity (Wildman–Crippen MR) is 42.8 cm³/mol. The van der Waals surface area contributed by atoms with Gasteiger partial charge in [-0.3, -0.25) is 0 Å². The van der Waals surface area contributed by atoms with Crippen LogP contribution in [0.3, 0.4) is 0 Å². The van der Waals surface area contributed by atoms with E-state index in [2.05, 4.69) is 15.0 Å². The first-order valence-electron chi connectivity index (χ1n) is 3.52. The van der Waals surface area contributed by atoms with Gasteiger partial charge in [-0.2, -0.15) is 18.4 Å². The van der Waals surface area contributed by atoms with Crippen molar-refractivity contribution in [3.8, 4) is 6.07 Å². The van der Waals surface area contributed by atoms with E-state index >= 15 is 0 Å². The first-order valence-corrected chi connectivity index (χ1v) is 3.52. The van der Waals surface area contributed by atoms with Crippen LogP contribution in [0.15, 0.2) is 17.2 Å². The standard InChI is InChI=1S/C7H2F3N5/c8-7(9,10)5-2-1-4(3-11)6(13-5)14-15-12/h1-2H. The molecular formula is C7H2F3N5. The molecule has 0 fully saturated rings. The van der Waals surface area contributed by atoms with Gasteiger partial charge in [0.1, 0.15) is 17.6 Å². The molecule has 0 radical (unpaired) electrons. The Bertz CT molecular complexity index is 466. The quantitative estimate of drug-likeness (QED) is 0.408. The summed E-state index contributed by atoms with van der Waals surface area (Å²) < 4.78 is 36.5. The predicted octanol–water partition coefficient (Wildman–Crippen LogP) is 2.91. The van der Waals surface area contributed by atoms with Crippen LogP contribution in [0.4, 0.5) is 19.0 Å². The van der Waals surface area contributed by atoms with E-state index in [1.54, 1.807) is 6.07 Å². The fourth-order valence-electron chi connectivity index (χ4n) is 0.812. The van der Waals surface area contributed by atoms with Gasteiger partial charge in [0.05, 0.1) is 5.56 Å². The lowest BCUT2D eigenvalue weighted by Crippen LogP contribution is -2.07. The Balaban J connectivity index is 3.36. The molecule has 1 heterocycles. The Morgan fingerprint density at radius 3 is 2.60 bits per heavy atom. The summed E-state index contributed by atoms with van der Waals surface area (Å²) in [5, 5.41) is 11.4. The molecule has 0 aromatic carbocycles. The van der Waals surface area contributed by atoms with Gasteiger partial charge >= 0.3 is 6.18 Å². The van der Waals surface area contributed by atoms with E-state index in [9.17, 15) is 13.2 Å². The van der Waals surface area contributed by atoms with Crippen molar-refractivity contribution in [2.24, 2.45) is 5.11 Å². The maximum absolute atomic E-state index is 12.2. The van der Waals surface area contributed by atoms with Crippen LogP contribution in [0, 0.1) is 11.3 Å². The molecule has 0 atom stereocenters. The van der Waals surface area contributed by atoms with E-state index in [-0.39, 0.29) is 5.56 Å². The molecule has 0 aliphatic rings. The summed E-state index contributed by atoms with van der Waals surface area (Å²) in [4.78, 5) is 5.32. The highest BCUT2D eigenvalue weighted by Gasteiger charge is 2.32. The molecule has 0 saturated heterocycles. The fourth-order valence-corrected chi connectivity index (χ4v) is 0.812. The summed E-state index contributed by atoms with van der Waals surface area (Å²) in [5.41, 5.74) is 6.65. The van der Waals surface area contributed by atoms with Gasteiger partial charge in [0, 0.05) is 4.91 Å². The summed E-state index contributed by atoms with van der Waals surface area (Å²) in [6.45, 7) is 0. The maximum atomic E-state index is 12.2. The Hall–Kier alpha value is -2.26. The lowest BCUT2D eigenvalue weighted by Gasteiger charge is -2.05. The molecule has 76 valence electrons. The van der Waals surface area contributed by atoms with E-state index in [4.69, 9.17) is 10.8 Å². The van der Waals surface area contributed by atoms with Crippen LogP contribution in [-0.2, 0) is 6.18 Å². The number of azide groups is 1. The number of pyridine rings is 1. The third-order valence-corrected chi connectivity index (χ3v) is 1.43. The molecule has 0 N–H and O–H groups in total. The first kappa shape index (κ1) is 10.8. The number of rotatable bonds is 1. The fraction of sp³-hybridized carbons (Fsp3) is 0.143. The second-order valence-electron chi connectivity index (χ2n) is 2.37. The van der Waals surface area contributed by atoms with Crippen molar-refractivity contribution in [3.63, 3.8) is 0 Å². The molecule has 8 heteroatoms. The van der Waals surface area contributed by atoms with E-state index in [0.29, 0.717) is 6.07 Å². The molecule has 1 rings (SSSR count). The van der Waals surface area contributed by atoms with Crippen molar-refractivity contribution in [1.82, 2.24) is 4.98 Å². The molecule has 0 saturated carbocycles. The highest BCUT2D eigenvalue weighted by atomic mass is 19.4. The number of alkyl halides is 3. The van der Waals surface area contributed by atoms with Crippen LogP contribution in [-0.4, -0.2) is 4.98 Å². The molecule has 0 bridgehead atoms. The molecule has 15 heavy (non-hydrogen) atoms. The molecular weight excluding hydrogens is 211 g/mol. The second-order valence-corrected chi connectivity index (χ2v) is 2.37. The average Bonchev–Trinajstić information content (AvgIpc) is 2.17. The van der Waals surface area contributed by atoms with Gasteiger partial charge in [-0.15, -0.1) is 0 Å². The number of halogens is 3. The van der Waals surface area contributed by atoms with Crippen LogP contribution in [0.5, 0.6) is 0 Å². The molecule has 0 aliphatic carbocycles. The zero-order chi connectivity index (χ0) is 11.5. The van der Waals surface area contributed by atoms with E-state index in [1.165, 1.54) is 0 Å². The van der Waals surface area contributed by atoms with E-state index in [1.807, 2.05) is 0 Å². The van der Waals surface area contributed by atoms with Crippen LogP contribution < -0.4 is 0 Å². The minimum Gasteiger partial charge on any atom is -0.240 e. The topological polar surface area (TPSA) is 85.4 Å². The average molecular weight is 213 g/mol. The molecule has 0 unspecified atom stereocenters. The van der Waals surface area contributed by atoms with Crippen molar-refractivity contribution >= 4 is 5.82 Å². The summed E-state index contributed by atoms with van der Waals surface area (Å²) in [5.74, 6) is -0.574. The van der Waals surface area contributed by atoms with E-state index < -0.39 is 17.7 Å². The van der Waals surface area contributed by atoms with Gasteiger partial charge < -0.3 is 0 Å². The number of nitrogens with zero attached hydrogens (tertiary/aromatic N) is 5. The van der Waals surface area contributed by atoms with Crippen LogP contribution in [0.25, 0.3) is 10.4 Å². The normalized spacial score (nSPS) is 10.3. The summed E-state index contributed by atoms with van der Waals surface area (Å²) in [6, 6.07) is 3.11. The van der Waals surface area contributed by atoms with Gasteiger partial charge in [0.2, 0.25) is 0 Å². The van der Waals surface area contributed by atoms with Crippen molar-refractivity contribution in [2.75, 3.05) is 0 Å². The van der Waals surface area contributed by atoms with Gasteiger partial charge in [0.15, 0.2) is 0 Å². The first-order chi connectivity index (χ1) is 6.99. The number of hydrogen-bond acceptors (Lipinski definition) is 3. The zero-order valence-corrected chi connectivity index (χ0v) is 7.02. The monoisotopic (exact) mass is 213 g/mol. The van der Waals surface area contributed by atoms with Crippen molar-refractivity contribution in [1.29, 1.82) is 5.26 Å². The Morgan fingerprint density at radius 2 is 2.13 bits per heavy atom. The third kappa shape index (κ3) is 2.36. The minimum absolute atomic E-state index is 0.208. The lowest BCUT2D eigenvalue weighted by atomic mass is 10.2. The van der Waals surface area contributed by atoms with Crippen LogP contribution >= 0.6 is 0 Å². The van der Waals surface area contributed by atoms with Gasteiger partial charge in [-0.05, 0) is 22.8 Å². The maximum Gasteiger partial charge on any atom is 0.433 e. The molecule has 5 nitrogen and oxygen atoms in total. The van der Waals surface area contributed by atoms with E-state index in [0.717, 1.165) is 6.07 Å². The number of aromatic nitrogens is 1. The van der Waals surface area contributed by atoms with Crippen LogP contribution in [0.2, 0.25) is 0 Å². The zero-order valence-electron chi connectivity index (χ0n) is 7.02.